The molecular weight excluding hydrogens is 320 g/mol. The summed E-state index contributed by atoms with van der Waals surface area (Å²) in [6.07, 6.45) is 7.73. The van der Waals surface area contributed by atoms with Crippen molar-refractivity contribution < 1.29 is 14.6 Å². The monoisotopic (exact) mass is 354 g/mol. The van der Waals surface area contributed by atoms with Crippen molar-refractivity contribution in [2.24, 2.45) is 10.4 Å². The minimum absolute atomic E-state index is 0.0148. The third-order valence-corrected chi connectivity index (χ3v) is 5.28. The van der Waals surface area contributed by atoms with E-state index in [1.807, 2.05) is 0 Å². The number of aliphatic hydroxyl groups excluding tert-OH is 1. The fraction of sp³-hybridized carbons (Fsp3) is 0.889. The first-order valence-electron chi connectivity index (χ1n) is 9.48. The molecule has 7 nitrogen and oxygen atoms in total. The molecule has 1 unspecified atom stereocenters. The number of aliphatic imine (C=N–C) groups is 1. The molecule has 0 aromatic heterocycles. The molecule has 0 aromatic rings. The Morgan fingerprint density at radius 1 is 1.32 bits per heavy atom. The number of rotatable bonds is 7. The molecular formula is C18H34N4O3. The van der Waals surface area contributed by atoms with Crippen molar-refractivity contribution in [3.05, 3.63) is 0 Å². The Morgan fingerprint density at radius 3 is 2.68 bits per heavy atom. The van der Waals surface area contributed by atoms with Crippen LogP contribution in [0.3, 0.4) is 0 Å². The van der Waals surface area contributed by atoms with Gasteiger partial charge in [-0.3, -0.25) is 4.79 Å². The maximum absolute atomic E-state index is 11.9. The van der Waals surface area contributed by atoms with Crippen molar-refractivity contribution in [3.8, 4) is 0 Å². The number of hydrogen-bond donors (Lipinski definition) is 3. The predicted octanol–water partition coefficient (Wildman–Crippen LogP) is 0.732. The second-order valence-corrected chi connectivity index (χ2v) is 7.56. The van der Waals surface area contributed by atoms with Crippen LogP contribution in [-0.4, -0.2) is 74.9 Å². The fourth-order valence-corrected chi connectivity index (χ4v) is 3.46. The van der Waals surface area contributed by atoms with Gasteiger partial charge in [0.15, 0.2) is 5.96 Å². The molecule has 0 aromatic carbocycles. The Labute approximate surface area is 151 Å². The summed E-state index contributed by atoms with van der Waals surface area (Å²) in [6, 6.07) is 0.420. The highest BCUT2D eigenvalue weighted by molar-refractivity contribution is 5.85. The largest absolute Gasteiger partial charge is 0.396 e. The molecule has 144 valence electrons. The smallest absolute Gasteiger partial charge is 0.243 e. The first-order valence-corrected chi connectivity index (χ1v) is 9.48. The van der Waals surface area contributed by atoms with Gasteiger partial charge >= 0.3 is 0 Å². The summed E-state index contributed by atoms with van der Waals surface area (Å²) in [6.45, 7) is 2.39. The maximum Gasteiger partial charge on any atom is 0.243 e. The highest BCUT2D eigenvalue weighted by atomic mass is 16.5. The van der Waals surface area contributed by atoms with Gasteiger partial charge in [0.1, 0.15) is 6.54 Å². The van der Waals surface area contributed by atoms with E-state index >= 15 is 0 Å². The number of aliphatic hydroxyl groups is 1. The van der Waals surface area contributed by atoms with Gasteiger partial charge in [0.05, 0.1) is 6.61 Å². The number of hydrogen-bond acceptors (Lipinski definition) is 4. The van der Waals surface area contributed by atoms with Crippen LogP contribution in [0.15, 0.2) is 4.99 Å². The van der Waals surface area contributed by atoms with E-state index in [1.165, 1.54) is 19.3 Å². The SMILES string of the molecule is CN(C)C(=O)CN=C(NCC1(CCO)CCOC1)NC1CCCCC1. The maximum atomic E-state index is 11.9. The second kappa shape index (κ2) is 9.97. The average molecular weight is 354 g/mol. The van der Waals surface area contributed by atoms with E-state index < -0.39 is 0 Å². The number of amides is 1. The highest BCUT2D eigenvalue weighted by Gasteiger charge is 2.34. The molecule has 2 rings (SSSR count). The van der Waals surface area contributed by atoms with Crippen LogP contribution < -0.4 is 10.6 Å². The van der Waals surface area contributed by atoms with Gasteiger partial charge in [-0.25, -0.2) is 4.99 Å². The first kappa shape index (κ1) is 20.0. The van der Waals surface area contributed by atoms with E-state index in [1.54, 1.807) is 19.0 Å². The zero-order valence-corrected chi connectivity index (χ0v) is 15.7. The number of nitrogens with one attached hydrogen (secondary N) is 2. The second-order valence-electron chi connectivity index (χ2n) is 7.56. The minimum Gasteiger partial charge on any atom is -0.396 e. The molecule has 3 N–H and O–H groups in total. The van der Waals surface area contributed by atoms with Crippen molar-refractivity contribution in [2.75, 3.05) is 47.0 Å². The van der Waals surface area contributed by atoms with E-state index in [2.05, 4.69) is 15.6 Å². The lowest BCUT2D eigenvalue weighted by Crippen LogP contribution is -2.48. The normalized spacial score (nSPS) is 25.0. The van der Waals surface area contributed by atoms with Gasteiger partial charge in [0, 0.05) is 45.3 Å². The van der Waals surface area contributed by atoms with E-state index in [-0.39, 0.29) is 24.5 Å². The fourth-order valence-electron chi connectivity index (χ4n) is 3.46. The number of likely N-dealkylation sites (N-methyl/N-ethyl adjacent to an activating group) is 1. The third kappa shape index (κ3) is 6.47. The molecule has 7 heteroatoms. The third-order valence-electron chi connectivity index (χ3n) is 5.28. The van der Waals surface area contributed by atoms with Crippen LogP contribution in [0.2, 0.25) is 0 Å². The molecule has 0 bridgehead atoms. The number of carbonyl (C=O) groups excluding carboxylic acids is 1. The summed E-state index contributed by atoms with van der Waals surface area (Å²) in [5.74, 6) is 0.685. The van der Waals surface area contributed by atoms with E-state index in [0.717, 1.165) is 25.9 Å². The van der Waals surface area contributed by atoms with Crippen LogP contribution in [-0.2, 0) is 9.53 Å². The van der Waals surface area contributed by atoms with Gasteiger partial charge in [-0.1, -0.05) is 19.3 Å². The Bertz CT molecular complexity index is 442. The topological polar surface area (TPSA) is 86.2 Å². The number of guanidine groups is 1. The Kier molecular flexibility index (Phi) is 7.96. The van der Waals surface area contributed by atoms with Crippen LogP contribution in [0.25, 0.3) is 0 Å². The summed E-state index contributed by atoms with van der Waals surface area (Å²) >= 11 is 0. The molecule has 25 heavy (non-hydrogen) atoms. The molecule has 1 atom stereocenters. The predicted molar refractivity (Wildman–Crippen MR) is 98.6 cm³/mol. The van der Waals surface area contributed by atoms with Gasteiger partial charge < -0.3 is 25.4 Å². The van der Waals surface area contributed by atoms with Crippen molar-refractivity contribution in [1.82, 2.24) is 15.5 Å². The van der Waals surface area contributed by atoms with Gasteiger partial charge in [0.2, 0.25) is 5.91 Å². The lowest BCUT2D eigenvalue weighted by molar-refractivity contribution is -0.127. The van der Waals surface area contributed by atoms with Crippen molar-refractivity contribution in [2.45, 2.75) is 51.0 Å². The van der Waals surface area contributed by atoms with Gasteiger partial charge in [-0.15, -0.1) is 0 Å². The molecule has 2 aliphatic rings. The molecule has 1 saturated heterocycles. The summed E-state index contributed by atoms with van der Waals surface area (Å²) in [5.41, 5.74) is -0.0463. The molecule has 0 radical (unpaired) electrons. The van der Waals surface area contributed by atoms with Gasteiger partial charge in [-0.2, -0.15) is 0 Å². The molecule has 1 heterocycles. The highest BCUT2D eigenvalue weighted by Crippen LogP contribution is 2.31. The molecule has 1 saturated carbocycles. The molecule has 1 aliphatic carbocycles. The first-order chi connectivity index (χ1) is 12.0. The molecule has 0 spiro atoms. The van der Waals surface area contributed by atoms with Crippen molar-refractivity contribution in [3.63, 3.8) is 0 Å². The Hall–Kier alpha value is -1.34. The average Bonchev–Trinajstić information content (AvgIpc) is 3.07. The number of ether oxygens (including phenoxy) is 1. The summed E-state index contributed by atoms with van der Waals surface area (Å²) in [7, 11) is 3.48. The minimum atomic E-state index is -0.0463. The van der Waals surface area contributed by atoms with Crippen LogP contribution >= 0.6 is 0 Å². The molecule has 2 fully saturated rings. The van der Waals surface area contributed by atoms with E-state index in [4.69, 9.17) is 4.74 Å². The van der Waals surface area contributed by atoms with Gasteiger partial charge in [-0.05, 0) is 25.7 Å². The Morgan fingerprint density at radius 2 is 2.08 bits per heavy atom. The lowest BCUT2D eigenvalue weighted by atomic mass is 9.84. The Balaban J connectivity index is 1.96. The molecule has 1 amide bonds. The van der Waals surface area contributed by atoms with Gasteiger partial charge in [0.25, 0.3) is 0 Å². The van der Waals surface area contributed by atoms with Crippen molar-refractivity contribution in [1.29, 1.82) is 0 Å². The van der Waals surface area contributed by atoms with Crippen LogP contribution in [0.5, 0.6) is 0 Å². The molecule has 1 aliphatic heterocycles. The summed E-state index contributed by atoms with van der Waals surface area (Å²) in [5, 5.41) is 16.3. The zero-order valence-electron chi connectivity index (χ0n) is 15.7. The lowest BCUT2D eigenvalue weighted by Gasteiger charge is -2.30. The standard InChI is InChI=1S/C18H34N4O3/c1-22(2)16(24)12-19-17(21-15-6-4-3-5-7-15)20-13-18(8-10-23)9-11-25-14-18/h15,23H,3-14H2,1-2H3,(H2,19,20,21). The summed E-state index contributed by atoms with van der Waals surface area (Å²) < 4.78 is 5.55. The van der Waals surface area contributed by atoms with E-state index in [0.29, 0.717) is 31.6 Å². The van der Waals surface area contributed by atoms with Crippen LogP contribution in [0.4, 0.5) is 0 Å². The quantitative estimate of drug-likeness (QED) is 0.464. The van der Waals surface area contributed by atoms with E-state index in [9.17, 15) is 9.90 Å². The number of nitrogens with zero attached hydrogens (tertiary/aromatic N) is 2. The number of carbonyl (C=O) groups is 1. The summed E-state index contributed by atoms with van der Waals surface area (Å²) in [4.78, 5) is 17.9. The zero-order chi connectivity index (χ0) is 18.1. The van der Waals surface area contributed by atoms with Crippen LogP contribution in [0, 0.1) is 5.41 Å². The van der Waals surface area contributed by atoms with Crippen LogP contribution in [0.1, 0.15) is 44.9 Å². The van der Waals surface area contributed by atoms with Crippen molar-refractivity contribution >= 4 is 11.9 Å².